The van der Waals surface area contributed by atoms with E-state index in [4.69, 9.17) is 9.84 Å². The molecule has 0 rings (SSSR count). The Balaban J connectivity index is 4.26. The SMILES string of the molecule is CCC(OC(=O)C(C)(C)C)C(=O)O. The molecule has 0 fully saturated rings. The Labute approximate surface area is 77.9 Å². The van der Waals surface area contributed by atoms with E-state index in [0.717, 1.165) is 0 Å². The van der Waals surface area contributed by atoms with Crippen molar-refractivity contribution in [2.75, 3.05) is 0 Å². The molecule has 0 saturated heterocycles. The second kappa shape index (κ2) is 4.25. The molecule has 0 heterocycles. The Morgan fingerprint density at radius 2 is 1.85 bits per heavy atom. The Kier molecular flexibility index (Phi) is 3.91. The molecule has 0 bridgehead atoms. The predicted molar refractivity (Wildman–Crippen MR) is 47.3 cm³/mol. The van der Waals surface area contributed by atoms with Gasteiger partial charge in [-0.1, -0.05) is 6.92 Å². The van der Waals surface area contributed by atoms with E-state index in [1.807, 2.05) is 0 Å². The van der Waals surface area contributed by atoms with Crippen molar-refractivity contribution < 1.29 is 19.4 Å². The van der Waals surface area contributed by atoms with Crippen molar-refractivity contribution in [3.05, 3.63) is 0 Å². The van der Waals surface area contributed by atoms with Gasteiger partial charge in [0.25, 0.3) is 0 Å². The van der Waals surface area contributed by atoms with Gasteiger partial charge in [-0.2, -0.15) is 0 Å². The molecule has 0 aliphatic heterocycles. The van der Waals surface area contributed by atoms with E-state index >= 15 is 0 Å². The highest BCUT2D eigenvalue weighted by Gasteiger charge is 2.28. The fraction of sp³-hybridized carbons (Fsp3) is 0.778. The van der Waals surface area contributed by atoms with Gasteiger partial charge < -0.3 is 9.84 Å². The summed E-state index contributed by atoms with van der Waals surface area (Å²) in [5.74, 6) is -1.58. The van der Waals surface area contributed by atoms with Gasteiger partial charge in [-0.05, 0) is 27.2 Å². The van der Waals surface area contributed by atoms with E-state index in [0.29, 0.717) is 0 Å². The van der Waals surface area contributed by atoms with Crippen LogP contribution in [0, 0.1) is 5.41 Å². The van der Waals surface area contributed by atoms with Crippen molar-refractivity contribution in [2.45, 2.75) is 40.2 Å². The van der Waals surface area contributed by atoms with Gasteiger partial charge in [0.2, 0.25) is 0 Å². The fourth-order valence-electron chi connectivity index (χ4n) is 0.614. The van der Waals surface area contributed by atoms with Crippen LogP contribution in [0.3, 0.4) is 0 Å². The normalized spacial score (nSPS) is 13.5. The lowest BCUT2D eigenvalue weighted by atomic mass is 9.97. The highest BCUT2D eigenvalue weighted by atomic mass is 16.6. The third kappa shape index (κ3) is 3.92. The first-order chi connectivity index (χ1) is 5.79. The van der Waals surface area contributed by atoms with E-state index in [9.17, 15) is 9.59 Å². The molecule has 13 heavy (non-hydrogen) atoms. The van der Waals surface area contributed by atoms with Crippen LogP contribution in [0.2, 0.25) is 0 Å². The van der Waals surface area contributed by atoms with Crippen LogP contribution in [0.1, 0.15) is 34.1 Å². The van der Waals surface area contributed by atoms with E-state index in [1.54, 1.807) is 27.7 Å². The first kappa shape index (κ1) is 11.9. The summed E-state index contributed by atoms with van der Waals surface area (Å²) in [6.45, 7) is 6.71. The first-order valence-electron chi connectivity index (χ1n) is 4.23. The van der Waals surface area contributed by atoms with Crippen molar-refractivity contribution in [2.24, 2.45) is 5.41 Å². The molecule has 1 unspecified atom stereocenters. The van der Waals surface area contributed by atoms with Crippen molar-refractivity contribution >= 4 is 11.9 Å². The lowest BCUT2D eigenvalue weighted by Crippen LogP contribution is -2.32. The van der Waals surface area contributed by atoms with Crippen molar-refractivity contribution in [3.63, 3.8) is 0 Å². The summed E-state index contributed by atoms with van der Waals surface area (Å²) < 4.78 is 4.79. The number of carbonyl (C=O) groups is 2. The Bertz CT molecular complexity index is 202. The molecule has 0 aliphatic carbocycles. The lowest BCUT2D eigenvalue weighted by Gasteiger charge is -2.19. The number of carboxylic acid groups (broad SMARTS) is 1. The maximum absolute atomic E-state index is 11.3. The van der Waals surface area contributed by atoms with Crippen LogP contribution in [-0.4, -0.2) is 23.1 Å². The second-order valence-corrected chi connectivity index (χ2v) is 3.89. The molecule has 1 N–H and O–H groups in total. The van der Waals surface area contributed by atoms with Crippen LogP contribution in [0.25, 0.3) is 0 Å². The molecular formula is C9H16O4. The molecule has 0 aromatic rings. The lowest BCUT2D eigenvalue weighted by molar-refractivity contribution is -0.170. The van der Waals surface area contributed by atoms with Crippen LogP contribution in [-0.2, 0) is 14.3 Å². The highest BCUT2D eigenvalue weighted by Crippen LogP contribution is 2.17. The van der Waals surface area contributed by atoms with E-state index < -0.39 is 23.5 Å². The molecule has 76 valence electrons. The standard InChI is InChI=1S/C9H16O4/c1-5-6(7(10)11)13-8(12)9(2,3)4/h6H,5H2,1-4H3,(H,10,11). The zero-order chi connectivity index (χ0) is 10.6. The van der Waals surface area contributed by atoms with Gasteiger partial charge in [0.15, 0.2) is 6.10 Å². The molecule has 4 nitrogen and oxygen atoms in total. The minimum Gasteiger partial charge on any atom is -0.479 e. The molecule has 4 heteroatoms. The summed E-state index contributed by atoms with van der Waals surface area (Å²) >= 11 is 0. The molecule has 0 spiro atoms. The topological polar surface area (TPSA) is 63.6 Å². The quantitative estimate of drug-likeness (QED) is 0.680. The number of carboxylic acids is 1. The van der Waals surface area contributed by atoms with Crippen LogP contribution in [0.5, 0.6) is 0 Å². The molecule has 0 aromatic carbocycles. The number of esters is 1. The largest absolute Gasteiger partial charge is 0.479 e. The van der Waals surface area contributed by atoms with Gasteiger partial charge in [0.05, 0.1) is 5.41 Å². The smallest absolute Gasteiger partial charge is 0.345 e. The maximum Gasteiger partial charge on any atom is 0.345 e. The summed E-state index contributed by atoms with van der Waals surface area (Å²) in [6, 6.07) is 0. The number of ether oxygens (including phenoxy) is 1. The average molecular weight is 188 g/mol. The summed E-state index contributed by atoms with van der Waals surface area (Å²) in [7, 11) is 0. The van der Waals surface area contributed by atoms with Crippen LogP contribution in [0.4, 0.5) is 0 Å². The predicted octanol–water partition coefficient (Wildman–Crippen LogP) is 1.44. The highest BCUT2D eigenvalue weighted by molar-refractivity contribution is 5.80. The van der Waals surface area contributed by atoms with E-state index in [2.05, 4.69) is 0 Å². The Hall–Kier alpha value is -1.06. The van der Waals surface area contributed by atoms with Gasteiger partial charge in [0, 0.05) is 0 Å². The monoisotopic (exact) mass is 188 g/mol. The second-order valence-electron chi connectivity index (χ2n) is 3.89. The molecule has 1 atom stereocenters. The van der Waals surface area contributed by atoms with Crippen LogP contribution in [0.15, 0.2) is 0 Å². The van der Waals surface area contributed by atoms with Crippen molar-refractivity contribution in [1.82, 2.24) is 0 Å². The van der Waals surface area contributed by atoms with E-state index in [1.165, 1.54) is 0 Å². The maximum atomic E-state index is 11.3. The fourth-order valence-corrected chi connectivity index (χ4v) is 0.614. The average Bonchev–Trinajstić information content (AvgIpc) is 1.96. The molecular weight excluding hydrogens is 172 g/mol. The molecule has 0 radical (unpaired) electrons. The zero-order valence-corrected chi connectivity index (χ0v) is 8.46. The van der Waals surface area contributed by atoms with Gasteiger partial charge in [-0.3, -0.25) is 4.79 Å². The van der Waals surface area contributed by atoms with Crippen LogP contribution < -0.4 is 0 Å². The number of rotatable bonds is 3. The summed E-state index contributed by atoms with van der Waals surface area (Å²) in [4.78, 5) is 21.8. The molecule has 0 aromatic heterocycles. The van der Waals surface area contributed by atoms with Crippen molar-refractivity contribution in [3.8, 4) is 0 Å². The van der Waals surface area contributed by atoms with Gasteiger partial charge in [-0.15, -0.1) is 0 Å². The summed E-state index contributed by atoms with van der Waals surface area (Å²) in [5, 5.41) is 8.61. The third-order valence-corrected chi connectivity index (χ3v) is 1.51. The number of hydrogen-bond acceptors (Lipinski definition) is 3. The first-order valence-corrected chi connectivity index (χ1v) is 4.23. The van der Waals surface area contributed by atoms with Crippen LogP contribution >= 0.6 is 0 Å². The Morgan fingerprint density at radius 3 is 2.08 bits per heavy atom. The minimum atomic E-state index is -1.10. The number of carbonyl (C=O) groups excluding carboxylic acids is 1. The minimum absolute atomic E-state index is 0.289. The third-order valence-electron chi connectivity index (χ3n) is 1.51. The molecule has 0 amide bonds. The molecule has 0 saturated carbocycles. The van der Waals surface area contributed by atoms with E-state index in [-0.39, 0.29) is 6.42 Å². The van der Waals surface area contributed by atoms with Crippen molar-refractivity contribution in [1.29, 1.82) is 0 Å². The van der Waals surface area contributed by atoms with Gasteiger partial charge in [0.1, 0.15) is 0 Å². The Morgan fingerprint density at radius 1 is 1.38 bits per heavy atom. The molecule has 0 aliphatic rings. The van der Waals surface area contributed by atoms with Gasteiger partial charge >= 0.3 is 11.9 Å². The number of aliphatic carboxylic acids is 1. The zero-order valence-electron chi connectivity index (χ0n) is 8.46. The number of hydrogen-bond donors (Lipinski definition) is 1. The van der Waals surface area contributed by atoms with Gasteiger partial charge in [-0.25, -0.2) is 4.79 Å². The summed E-state index contributed by atoms with van der Waals surface area (Å²) in [6.07, 6.45) is -0.733. The summed E-state index contributed by atoms with van der Waals surface area (Å²) in [5.41, 5.74) is -0.650.